The number of hydrogen-bond donors (Lipinski definition) is 2. The molecule has 6 nitrogen and oxygen atoms in total. The van der Waals surface area contributed by atoms with Gasteiger partial charge in [0.15, 0.2) is 5.82 Å². The lowest BCUT2D eigenvalue weighted by molar-refractivity contribution is -0.137. The Morgan fingerprint density at radius 1 is 0.964 bits per heavy atom. The molecule has 1 heterocycles. The lowest BCUT2D eigenvalue weighted by atomic mass is 10.2. The summed E-state index contributed by atoms with van der Waals surface area (Å²) in [6.07, 6.45) is -3.01. The molecule has 9 heteroatoms. The van der Waals surface area contributed by atoms with Crippen molar-refractivity contribution >= 4 is 23.1 Å². The van der Waals surface area contributed by atoms with Crippen LogP contribution in [0, 0.1) is 0 Å². The van der Waals surface area contributed by atoms with Gasteiger partial charge in [-0.2, -0.15) is 23.3 Å². The van der Waals surface area contributed by atoms with Gasteiger partial charge in [-0.05, 0) is 50.2 Å². The molecule has 2 aromatic carbocycles. The van der Waals surface area contributed by atoms with Gasteiger partial charge in [-0.15, -0.1) is 5.10 Å². The largest absolute Gasteiger partial charge is 0.489 e. The Hall–Kier alpha value is -3.36. The molecule has 3 rings (SSSR count). The molecule has 3 aromatic rings. The minimum Gasteiger partial charge on any atom is -0.489 e. The minimum atomic E-state index is -4.38. The Kier molecular flexibility index (Phi) is 5.62. The van der Waals surface area contributed by atoms with Gasteiger partial charge in [0.2, 0.25) is 5.95 Å². The van der Waals surface area contributed by atoms with Crippen LogP contribution in [0.5, 0.6) is 5.75 Å². The molecule has 0 radical (unpaired) electrons. The number of ether oxygens (including phenoxy) is 1. The topological polar surface area (TPSA) is 72.0 Å². The second-order valence-electron chi connectivity index (χ2n) is 6.15. The predicted octanol–water partition coefficient (Wildman–Crippen LogP) is 5.16. The third-order valence-corrected chi connectivity index (χ3v) is 3.54. The van der Waals surface area contributed by atoms with Crippen LogP contribution in [0.25, 0.3) is 0 Å². The maximum atomic E-state index is 12.6. The Labute approximate surface area is 159 Å². The zero-order valence-corrected chi connectivity index (χ0v) is 15.2. The van der Waals surface area contributed by atoms with E-state index < -0.39 is 11.7 Å². The van der Waals surface area contributed by atoms with E-state index in [0.717, 1.165) is 12.1 Å². The first kappa shape index (κ1) is 19.4. The van der Waals surface area contributed by atoms with E-state index in [1.54, 1.807) is 0 Å². The fraction of sp³-hybridized carbons (Fsp3) is 0.211. The van der Waals surface area contributed by atoms with Crippen molar-refractivity contribution in [2.75, 3.05) is 10.6 Å². The summed E-state index contributed by atoms with van der Waals surface area (Å²) in [5, 5.41) is 13.7. The standard InChI is InChI=1S/C19H18F3N5O/c1-12(2)28-16-6-4-3-5-15(16)25-18-26-17(11-23-27-18)24-14-9-7-13(8-10-14)19(20,21)22/h3-12H,1-2H3,(H2,24,25,26,27). The molecule has 0 atom stereocenters. The number of para-hydroxylation sites is 2. The van der Waals surface area contributed by atoms with Gasteiger partial charge < -0.3 is 15.4 Å². The molecule has 0 aliphatic carbocycles. The molecular weight excluding hydrogens is 371 g/mol. The third kappa shape index (κ3) is 5.09. The maximum Gasteiger partial charge on any atom is 0.416 e. The fourth-order valence-electron chi connectivity index (χ4n) is 2.35. The quantitative estimate of drug-likeness (QED) is 0.606. The summed E-state index contributed by atoms with van der Waals surface area (Å²) in [5.41, 5.74) is 0.399. The van der Waals surface area contributed by atoms with Crippen molar-refractivity contribution in [2.45, 2.75) is 26.1 Å². The summed E-state index contributed by atoms with van der Waals surface area (Å²) in [5.74, 6) is 1.19. The number of aromatic nitrogens is 3. The number of nitrogens with zero attached hydrogens (tertiary/aromatic N) is 3. The van der Waals surface area contributed by atoms with Crippen LogP contribution in [-0.4, -0.2) is 21.3 Å². The van der Waals surface area contributed by atoms with Crippen molar-refractivity contribution in [1.82, 2.24) is 15.2 Å². The third-order valence-electron chi connectivity index (χ3n) is 3.54. The summed E-state index contributed by atoms with van der Waals surface area (Å²) in [4.78, 5) is 4.28. The monoisotopic (exact) mass is 389 g/mol. The van der Waals surface area contributed by atoms with Crippen molar-refractivity contribution in [3.05, 3.63) is 60.3 Å². The van der Waals surface area contributed by atoms with E-state index in [2.05, 4.69) is 25.8 Å². The van der Waals surface area contributed by atoms with Crippen molar-refractivity contribution in [2.24, 2.45) is 0 Å². The number of nitrogens with one attached hydrogen (secondary N) is 2. The average molecular weight is 389 g/mol. The number of halogens is 3. The Morgan fingerprint density at radius 3 is 2.36 bits per heavy atom. The second kappa shape index (κ2) is 8.12. The molecule has 146 valence electrons. The molecule has 0 unspecified atom stereocenters. The zero-order chi connectivity index (χ0) is 20.1. The van der Waals surface area contributed by atoms with Crippen molar-refractivity contribution < 1.29 is 17.9 Å². The summed E-state index contributed by atoms with van der Waals surface area (Å²) < 4.78 is 43.7. The van der Waals surface area contributed by atoms with E-state index in [4.69, 9.17) is 4.74 Å². The molecule has 0 spiro atoms. The Bertz CT molecular complexity index is 929. The first-order chi connectivity index (χ1) is 13.3. The van der Waals surface area contributed by atoms with Crippen LogP contribution in [0.3, 0.4) is 0 Å². The van der Waals surface area contributed by atoms with E-state index in [9.17, 15) is 13.2 Å². The number of hydrogen-bond acceptors (Lipinski definition) is 6. The van der Waals surface area contributed by atoms with Gasteiger partial charge in [0.1, 0.15) is 5.75 Å². The van der Waals surface area contributed by atoms with Crippen molar-refractivity contribution in [1.29, 1.82) is 0 Å². The molecule has 0 bridgehead atoms. The maximum absolute atomic E-state index is 12.6. The van der Waals surface area contributed by atoms with Gasteiger partial charge >= 0.3 is 6.18 Å². The summed E-state index contributed by atoms with van der Waals surface area (Å²) in [6.45, 7) is 3.84. The first-order valence-electron chi connectivity index (χ1n) is 8.48. The van der Waals surface area contributed by atoms with Crippen LogP contribution in [0.2, 0.25) is 0 Å². The summed E-state index contributed by atoms with van der Waals surface area (Å²) in [7, 11) is 0. The van der Waals surface area contributed by atoms with E-state index in [-0.39, 0.29) is 12.1 Å². The SMILES string of the molecule is CC(C)Oc1ccccc1Nc1nncc(Nc2ccc(C(F)(F)F)cc2)n1. The fourth-order valence-corrected chi connectivity index (χ4v) is 2.35. The van der Waals surface area contributed by atoms with Crippen LogP contribution in [0.15, 0.2) is 54.7 Å². The molecular formula is C19H18F3N5O. The second-order valence-corrected chi connectivity index (χ2v) is 6.15. The molecule has 2 N–H and O–H groups in total. The normalized spacial score (nSPS) is 11.4. The highest BCUT2D eigenvalue weighted by Gasteiger charge is 2.29. The summed E-state index contributed by atoms with van der Waals surface area (Å²) in [6, 6.07) is 12.0. The van der Waals surface area contributed by atoms with Crippen LogP contribution in [-0.2, 0) is 6.18 Å². The van der Waals surface area contributed by atoms with Crippen LogP contribution in [0.4, 0.5) is 36.3 Å². The van der Waals surface area contributed by atoms with Gasteiger partial charge in [-0.25, -0.2) is 0 Å². The number of alkyl halides is 3. The first-order valence-corrected chi connectivity index (χ1v) is 8.48. The predicted molar refractivity (Wildman–Crippen MR) is 100 cm³/mol. The van der Waals surface area contributed by atoms with Crippen LogP contribution >= 0.6 is 0 Å². The Balaban J connectivity index is 1.75. The smallest absolute Gasteiger partial charge is 0.416 e. The van der Waals surface area contributed by atoms with Crippen molar-refractivity contribution in [3.63, 3.8) is 0 Å². The van der Waals surface area contributed by atoms with E-state index in [1.807, 2.05) is 38.1 Å². The van der Waals surface area contributed by atoms with E-state index in [0.29, 0.717) is 22.9 Å². The molecule has 0 saturated heterocycles. The van der Waals surface area contributed by atoms with Gasteiger partial charge in [0.25, 0.3) is 0 Å². The highest BCUT2D eigenvalue weighted by atomic mass is 19.4. The number of benzene rings is 2. The minimum absolute atomic E-state index is 0.00494. The molecule has 0 saturated carbocycles. The summed E-state index contributed by atoms with van der Waals surface area (Å²) >= 11 is 0. The van der Waals surface area contributed by atoms with Gasteiger partial charge in [-0.1, -0.05) is 12.1 Å². The van der Waals surface area contributed by atoms with Gasteiger partial charge in [0, 0.05) is 5.69 Å². The molecule has 0 amide bonds. The molecule has 1 aromatic heterocycles. The lowest BCUT2D eigenvalue weighted by Gasteiger charge is -2.14. The Morgan fingerprint density at radius 2 is 1.68 bits per heavy atom. The molecule has 28 heavy (non-hydrogen) atoms. The lowest BCUT2D eigenvalue weighted by Crippen LogP contribution is -2.08. The highest BCUT2D eigenvalue weighted by molar-refractivity contribution is 5.63. The van der Waals surface area contributed by atoms with Crippen LogP contribution in [0.1, 0.15) is 19.4 Å². The highest BCUT2D eigenvalue weighted by Crippen LogP contribution is 2.30. The zero-order valence-electron chi connectivity index (χ0n) is 15.2. The molecule has 0 aliphatic heterocycles. The van der Waals surface area contributed by atoms with Crippen molar-refractivity contribution in [3.8, 4) is 5.75 Å². The van der Waals surface area contributed by atoms with E-state index in [1.165, 1.54) is 18.3 Å². The molecule has 0 aliphatic rings. The molecule has 0 fully saturated rings. The van der Waals surface area contributed by atoms with Crippen LogP contribution < -0.4 is 15.4 Å². The van der Waals surface area contributed by atoms with E-state index >= 15 is 0 Å². The number of anilines is 4. The van der Waals surface area contributed by atoms with Gasteiger partial charge in [-0.3, -0.25) is 0 Å². The van der Waals surface area contributed by atoms with Gasteiger partial charge in [0.05, 0.1) is 23.6 Å². The average Bonchev–Trinajstić information content (AvgIpc) is 2.63. The number of rotatable bonds is 6.